The van der Waals surface area contributed by atoms with Crippen LogP contribution in [0.4, 0.5) is 14.5 Å². The number of anilines is 1. The van der Waals surface area contributed by atoms with Crippen molar-refractivity contribution < 1.29 is 13.6 Å². The number of aromatic nitrogens is 3. The van der Waals surface area contributed by atoms with Crippen molar-refractivity contribution in [2.45, 2.75) is 17.3 Å². The van der Waals surface area contributed by atoms with Gasteiger partial charge in [0.25, 0.3) is 0 Å². The number of thioether (sulfide) groups is 1. The van der Waals surface area contributed by atoms with Gasteiger partial charge in [-0.3, -0.25) is 4.79 Å². The molecule has 1 N–H and O–H groups in total. The molecular formula is C18H15ClF2N4OS. The van der Waals surface area contributed by atoms with Gasteiger partial charge in [-0.25, -0.2) is 8.78 Å². The molecule has 0 saturated heterocycles. The minimum Gasteiger partial charge on any atom is -0.325 e. The summed E-state index contributed by atoms with van der Waals surface area (Å²) in [5.41, 5.74) is 0.918. The minimum absolute atomic E-state index is 0.182. The Bertz CT molecular complexity index is 995. The van der Waals surface area contributed by atoms with E-state index in [2.05, 4.69) is 15.5 Å². The van der Waals surface area contributed by atoms with Crippen molar-refractivity contribution in [3.05, 3.63) is 59.1 Å². The number of hydrogen-bond acceptors (Lipinski definition) is 4. The number of nitrogens with zero attached hydrogens (tertiary/aromatic N) is 3. The van der Waals surface area contributed by atoms with Gasteiger partial charge in [0.05, 0.1) is 10.3 Å². The molecule has 2 aromatic carbocycles. The molecule has 0 unspecified atom stereocenters. The molecule has 3 rings (SSSR count). The van der Waals surface area contributed by atoms with Gasteiger partial charge >= 0.3 is 0 Å². The lowest BCUT2D eigenvalue weighted by atomic mass is 10.2. The van der Waals surface area contributed by atoms with Gasteiger partial charge in [-0.15, -0.1) is 10.2 Å². The molecule has 0 aliphatic heterocycles. The number of carbonyl (C=O) groups excluding carboxylic acids is 1. The highest BCUT2D eigenvalue weighted by atomic mass is 35.5. The second-order valence-electron chi connectivity index (χ2n) is 5.72. The molecule has 1 amide bonds. The summed E-state index contributed by atoms with van der Waals surface area (Å²) in [5, 5.41) is 11.4. The zero-order valence-electron chi connectivity index (χ0n) is 14.4. The number of carbonyl (C=O) groups is 1. The van der Waals surface area contributed by atoms with E-state index in [-0.39, 0.29) is 11.6 Å². The Hall–Kier alpha value is -2.45. The van der Waals surface area contributed by atoms with Crippen LogP contribution in [0.1, 0.15) is 6.92 Å². The summed E-state index contributed by atoms with van der Waals surface area (Å²) in [6.07, 6.45) is 0. The summed E-state index contributed by atoms with van der Waals surface area (Å²) < 4.78 is 28.0. The van der Waals surface area contributed by atoms with Gasteiger partial charge in [-0.05, 0) is 31.2 Å². The first-order valence-corrected chi connectivity index (χ1v) is 9.19. The molecule has 1 heterocycles. The van der Waals surface area contributed by atoms with E-state index in [0.717, 1.165) is 17.7 Å². The van der Waals surface area contributed by atoms with E-state index >= 15 is 0 Å². The molecule has 0 aliphatic rings. The van der Waals surface area contributed by atoms with Crippen LogP contribution < -0.4 is 5.32 Å². The Morgan fingerprint density at radius 1 is 1.19 bits per heavy atom. The fourth-order valence-corrected chi connectivity index (χ4v) is 3.36. The van der Waals surface area contributed by atoms with Gasteiger partial charge in [0.15, 0.2) is 22.6 Å². The van der Waals surface area contributed by atoms with E-state index in [0.29, 0.717) is 16.0 Å². The van der Waals surface area contributed by atoms with E-state index < -0.39 is 16.9 Å². The molecule has 1 aromatic heterocycles. The van der Waals surface area contributed by atoms with Crippen LogP contribution in [0.25, 0.3) is 11.4 Å². The van der Waals surface area contributed by atoms with Crippen LogP contribution in [-0.2, 0) is 11.8 Å². The predicted molar refractivity (Wildman–Crippen MR) is 102 cm³/mol. The monoisotopic (exact) mass is 408 g/mol. The lowest BCUT2D eigenvalue weighted by Crippen LogP contribution is -2.23. The Morgan fingerprint density at radius 3 is 2.63 bits per heavy atom. The number of halogens is 3. The van der Waals surface area contributed by atoms with Crippen LogP contribution in [-0.4, -0.2) is 25.9 Å². The van der Waals surface area contributed by atoms with Crippen LogP contribution in [0.5, 0.6) is 0 Å². The molecular weight excluding hydrogens is 394 g/mol. The molecule has 140 valence electrons. The van der Waals surface area contributed by atoms with E-state index in [1.165, 1.54) is 17.8 Å². The summed E-state index contributed by atoms with van der Waals surface area (Å²) in [4.78, 5) is 12.3. The Balaban J connectivity index is 1.72. The molecule has 0 radical (unpaired) electrons. The van der Waals surface area contributed by atoms with Crippen molar-refractivity contribution >= 4 is 35.0 Å². The Kier molecular flexibility index (Phi) is 5.76. The average Bonchev–Trinajstić information content (AvgIpc) is 2.99. The molecule has 27 heavy (non-hydrogen) atoms. The highest BCUT2D eigenvalue weighted by molar-refractivity contribution is 8.00. The lowest BCUT2D eigenvalue weighted by Gasteiger charge is -2.12. The third-order valence-corrected chi connectivity index (χ3v) is 5.25. The van der Waals surface area contributed by atoms with Gasteiger partial charge in [-0.1, -0.05) is 35.5 Å². The zero-order valence-corrected chi connectivity index (χ0v) is 16.0. The highest BCUT2D eigenvalue weighted by Gasteiger charge is 2.20. The summed E-state index contributed by atoms with van der Waals surface area (Å²) in [7, 11) is 1.78. The first-order valence-electron chi connectivity index (χ1n) is 7.93. The molecule has 0 spiro atoms. The largest absolute Gasteiger partial charge is 0.325 e. The SMILES string of the molecule is C[C@@H](Sc1nnc(-c2ccccc2Cl)n1C)C(=O)Nc1ccc(F)c(F)c1. The van der Waals surface area contributed by atoms with Crippen molar-refractivity contribution in [2.75, 3.05) is 5.32 Å². The molecule has 1 atom stereocenters. The molecule has 3 aromatic rings. The molecule has 0 aliphatic carbocycles. The van der Waals surface area contributed by atoms with E-state index in [4.69, 9.17) is 11.6 Å². The van der Waals surface area contributed by atoms with Gasteiger partial charge in [0, 0.05) is 24.4 Å². The summed E-state index contributed by atoms with van der Waals surface area (Å²) >= 11 is 7.39. The zero-order chi connectivity index (χ0) is 19.6. The Labute approximate surface area is 163 Å². The van der Waals surface area contributed by atoms with Gasteiger partial charge < -0.3 is 9.88 Å². The number of benzene rings is 2. The molecule has 0 saturated carbocycles. The van der Waals surface area contributed by atoms with E-state index in [9.17, 15) is 13.6 Å². The standard InChI is InChI=1S/C18H15ClF2N4OS/c1-10(17(26)22-11-7-8-14(20)15(21)9-11)27-18-24-23-16(25(18)2)12-5-3-4-6-13(12)19/h3-10H,1-2H3,(H,22,26)/t10-/m1/s1. The topological polar surface area (TPSA) is 59.8 Å². The second-order valence-corrected chi connectivity index (χ2v) is 7.44. The first-order chi connectivity index (χ1) is 12.9. The summed E-state index contributed by atoms with van der Waals surface area (Å²) in [6, 6.07) is 10.5. The van der Waals surface area contributed by atoms with Gasteiger partial charge in [0.2, 0.25) is 5.91 Å². The summed E-state index contributed by atoms with van der Waals surface area (Å²) in [5.74, 6) is -1.78. The number of rotatable bonds is 5. The maximum Gasteiger partial charge on any atom is 0.237 e. The number of amides is 1. The minimum atomic E-state index is -1.02. The average molecular weight is 409 g/mol. The third-order valence-electron chi connectivity index (χ3n) is 3.79. The predicted octanol–water partition coefficient (Wildman–Crippen LogP) is 4.53. The van der Waals surface area contributed by atoms with Crippen LogP contribution in [0.15, 0.2) is 47.6 Å². The van der Waals surface area contributed by atoms with Crippen LogP contribution in [0.3, 0.4) is 0 Å². The molecule has 0 bridgehead atoms. The maximum atomic E-state index is 13.3. The second kappa shape index (κ2) is 8.06. The van der Waals surface area contributed by atoms with E-state index in [1.807, 2.05) is 18.2 Å². The van der Waals surface area contributed by atoms with Crippen molar-refractivity contribution in [2.24, 2.45) is 7.05 Å². The first kappa shape index (κ1) is 19.3. The fourth-order valence-electron chi connectivity index (χ4n) is 2.32. The van der Waals surface area contributed by atoms with Crippen molar-refractivity contribution in [1.82, 2.24) is 14.8 Å². The normalized spacial score (nSPS) is 12.0. The summed E-state index contributed by atoms with van der Waals surface area (Å²) in [6.45, 7) is 1.68. The van der Waals surface area contributed by atoms with Crippen molar-refractivity contribution in [3.8, 4) is 11.4 Å². The Morgan fingerprint density at radius 2 is 1.93 bits per heavy atom. The van der Waals surface area contributed by atoms with Crippen molar-refractivity contribution in [3.63, 3.8) is 0 Å². The molecule has 5 nitrogen and oxygen atoms in total. The smallest absolute Gasteiger partial charge is 0.237 e. The van der Waals surface area contributed by atoms with Crippen LogP contribution in [0.2, 0.25) is 5.02 Å². The van der Waals surface area contributed by atoms with Crippen LogP contribution in [0, 0.1) is 11.6 Å². The molecule has 0 fully saturated rings. The number of hydrogen-bond donors (Lipinski definition) is 1. The van der Waals surface area contributed by atoms with Crippen molar-refractivity contribution in [1.29, 1.82) is 0 Å². The maximum absolute atomic E-state index is 13.3. The van der Waals surface area contributed by atoms with Gasteiger partial charge in [0.1, 0.15) is 0 Å². The fraction of sp³-hybridized carbons (Fsp3) is 0.167. The highest BCUT2D eigenvalue weighted by Crippen LogP contribution is 2.30. The quantitative estimate of drug-likeness (QED) is 0.630. The molecule has 9 heteroatoms. The van der Waals surface area contributed by atoms with Gasteiger partial charge in [-0.2, -0.15) is 0 Å². The lowest BCUT2D eigenvalue weighted by molar-refractivity contribution is -0.115. The van der Waals surface area contributed by atoms with Crippen LogP contribution >= 0.6 is 23.4 Å². The number of nitrogens with one attached hydrogen (secondary N) is 1. The van der Waals surface area contributed by atoms with E-state index in [1.54, 1.807) is 24.6 Å². The third kappa shape index (κ3) is 4.28.